The lowest BCUT2D eigenvalue weighted by Gasteiger charge is -2.28. The number of anilines is 1. The summed E-state index contributed by atoms with van der Waals surface area (Å²) in [6.45, 7) is 7.91. The molecule has 1 aliphatic heterocycles. The van der Waals surface area contributed by atoms with Gasteiger partial charge in [0.1, 0.15) is 5.82 Å². The average Bonchev–Trinajstić information content (AvgIpc) is 3.16. The molecule has 0 amide bonds. The normalized spacial score (nSPS) is 15.8. The van der Waals surface area contributed by atoms with Crippen molar-refractivity contribution in [1.82, 2.24) is 14.6 Å². The van der Waals surface area contributed by atoms with Gasteiger partial charge < -0.3 is 4.90 Å². The Morgan fingerprint density at radius 1 is 1.10 bits per heavy atom. The van der Waals surface area contributed by atoms with E-state index in [2.05, 4.69) is 35.8 Å². The second-order valence-electron chi connectivity index (χ2n) is 8.47. The summed E-state index contributed by atoms with van der Waals surface area (Å²) in [5.74, 6) is 2.26. The Kier molecular flexibility index (Phi) is 5.25. The number of aromatic nitrogens is 3. The molecule has 4 rings (SSSR count). The number of benzene rings is 1. The van der Waals surface area contributed by atoms with E-state index in [0.29, 0.717) is 30.2 Å². The molecule has 2 aromatic heterocycles. The highest BCUT2D eigenvalue weighted by atomic mass is 32.2. The quantitative estimate of drug-likeness (QED) is 0.619. The molecule has 1 saturated heterocycles. The van der Waals surface area contributed by atoms with Gasteiger partial charge in [-0.2, -0.15) is 9.61 Å². The third kappa shape index (κ3) is 4.24. The molecule has 3 heterocycles. The van der Waals surface area contributed by atoms with E-state index in [4.69, 9.17) is 0 Å². The largest absolute Gasteiger partial charge is 0.355 e. The van der Waals surface area contributed by atoms with Crippen LogP contribution in [0.4, 0.5) is 5.82 Å². The maximum Gasteiger partial charge on any atom is 0.168 e. The zero-order valence-corrected chi connectivity index (χ0v) is 17.9. The highest BCUT2D eigenvalue weighted by molar-refractivity contribution is 7.85. The van der Waals surface area contributed by atoms with Gasteiger partial charge in [-0.15, -0.1) is 0 Å². The number of carbonyl (C=O) groups is 1. The Bertz CT molecular complexity index is 1060. The summed E-state index contributed by atoms with van der Waals surface area (Å²) in [6.07, 6.45) is 1.95. The Labute approximate surface area is 173 Å². The molecule has 0 unspecified atom stereocenters. The number of hydrogen-bond acceptors (Lipinski definition) is 5. The topological polar surface area (TPSA) is 67.6 Å². The number of rotatable bonds is 4. The summed E-state index contributed by atoms with van der Waals surface area (Å²) in [5.41, 5.74) is 3.41. The van der Waals surface area contributed by atoms with Gasteiger partial charge in [-0.25, -0.2) is 4.98 Å². The van der Waals surface area contributed by atoms with Gasteiger partial charge >= 0.3 is 0 Å². The fourth-order valence-electron chi connectivity index (χ4n) is 3.55. The van der Waals surface area contributed by atoms with Crippen molar-refractivity contribution in [2.24, 2.45) is 0 Å². The Hall–Kier alpha value is -2.54. The minimum atomic E-state index is -0.748. The highest BCUT2D eigenvalue weighted by Crippen LogP contribution is 2.23. The minimum Gasteiger partial charge on any atom is -0.355 e. The third-order valence-corrected chi connectivity index (χ3v) is 6.59. The molecular weight excluding hydrogens is 384 g/mol. The Morgan fingerprint density at radius 3 is 2.45 bits per heavy atom. The van der Waals surface area contributed by atoms with Crippen LogP contribution in [0, 0.1) is 0 Å². The van der Waals surface area contributed by atoms with Crippen LogP contribution in [0.25, 0.3) is 5.65 Å². The van der Waals surface area contributed by atoms with Crippen molar-refractivity contribution in [2.75, 3.05) is 29.5 Å². The van der Waals surface area contributed by atoms with E-state index in [1.807, 2.05) is 36.4 Å². The lowest BCUT2D eigenvalue weighted by molar-refractivity contribution is 0.0992. The molecule has 29 heavy (non-hydrogen) atoms. The SMILES string of the molecule is CC(C)(C)c1ccc(C(=O)Cc2cc(N3CCS(=O)CC3)n3nccc3n2)cc1. The molecule has 0 aliphatic carbocycles. The predicted molar refractivity (Wildman–Crippen MR) is 116 cm³/mol. The second kappa shape index (κ2) is 7.71. The Balaban J connectivity index is 1.59. The second-order valence-corrected chi connectivity index (χ2v) is 10.2. The van der Waals surface area contributed by atoms with Crippen molar-refractivity contribution < 1.29 is 9.00 Å². The van der Waals surface area contributed by atoms with E-state index in [1.165, 1.54) is 5.56 Å². The van der Waals surface area contributed by atoms with E-state index in [0.717, 1.165) is 17.2 Å². The molecule has 6 nitrogen and oxygen atoms in total. The van der Waals surface area contributed by atoms with Crippen LogP contribution in [-0.4, -0.2) is 49.2 Å². The first-order chi connectivity index (χ1) is 13.8. The molecule has 1 fully saturated rings. The first-order valence-electron chi connectivity index (χ1n) is 9.88. The molecule has 1 aromatic carbocycles. The lowest BCUT2D eigenvalue weighted by Crippen LogP contribution is -2.39. The van der Waals surface area contributed by atoms with Gasteiger partial charge in [0.2, 0.25) is 0 Å². The standard InChI is InChI=1S/C22H26N4O2S/c1-22(2,3)17-6-4-16(5-7-17)19(27)14-18-15-21(25-10-12-29(28)13-11-25)26-20(24-18)8-9-23-26/h4-9,15H,10-14H2,1-3H3. The molecule has 0 radical (unpaired) electrons. The molecule has 3 aromatic rings. The molecule has 0 N–H and O–H groups in total. The number of hydrogen-bond donors (Lipinski definition) is 0. The number of fused-ring (bicyclic) bond motifs is 1. The zero-order chi connectivity index (χ0) is 20.6. The van der Waals surface area contributed by atoms with Crippen LogP contribution in [0.15, 0.2) is 42.6 Å². The number of nitrogens with zero attached hydrogens (tertiary/aromatic N) is 4. The first-order valence-corrected chi connectivity index (χ1v) is 11.4. The summed E-state index contributed by atoms with van der Waals surface area (Å²) < 4.78 is 13.5. The van der Waals surface area contributed by atoms with Crippen molar-refractivity contribution in [2.45, 2.75) is 32.6 Å². The van der Waals surface area contributed by atoms with Crippen LogP contribution in [-0.2, 0) is 22.6 Å². The fourth-order valence-corrected chi connectivity index (χ4v) is 4.60. The van der Waals surface area contributed by atoms with E-state index >= 15 is 0 Å². The zero-order valence-electron chi connectivity index (χ0n) is 17.1. The van der Waals surface area contributed by atoms with E-state index < -0.39 is 10.8 Å². The van der Waals surface area contributed by atoms with Crippen molar-refractivity contribution in [3.05, 3.63) is 59.4 Å². The molecule has 0 atom stereocenters. The minimum absolute atomic E-state index is 0.0486. The van der Waals surface area contributed by atoms with Gasteiger partial charge in [-0.1, -0.05) is 45.0 Å². The maximum absolute atomic E-state index is 12.9. The third-order valence-electron chi connectivity index (χ3n) is 5.31. The smallest absolute Gasteiger partial charge is 0.168 e. The summed E-state index contributed by atoms with van der Waals surface area (Å²) >= 11 is 0. The van der Waals surface area contributed by atoms with Gasteiger partial charge in [-0.05, 0) is 11.0 Å². The molecule has 1 aliphatic rings. The number of ketones is 1. The van der Waals surface area contributed by atoms with E-state index in [-0.39, 0.29) is 17.6 Å². The van der Waals surface area contributed by atoms with Crippen molar-refractivity contribution in [3.63, 3.8) is 0 Å². The van der Waals surface area contributed by atoms with Crippen LogP contribution < -0.4 is 4.90 Å². The van der Waals surface area contributed by atoms with Crippen molar-refractivity contribution in [1.29, 1.82) is 0 Å². The van der Waals surface area contributed by atoms with Gasteiger partial charge in [0.05, 0.1) is 18.3 Å². The van der Waals surface area contributed by atoms with E-state index in [1.54, 1.807) is 10.7 Å². The highest BCUT2D eigenvalue weighted by Gasteiger charge is 2.20. The van der Waals surface area contributed by atoms with Gasteiger partial charge in [0.25, 0.3) is 0 Å². The van der Waals surface area contributed by atoms with Crippen molar-refractivity contribution in [3.8, 4) is 0 Å². The van der Waals surface area contributed by atoms with E-state index in [9.17, 15) is 9.00 Å². The van der Waals surface area contributed by atoms with Gasteiger partial charge in [0.15, 0.2) is 11.4 Å². The molecule has 0 spiro atoms. The summed E-state index contributed by atoms with van der Waals surface area (Å²) in [4.78, 5) is 19.7. The lowest BCUT2D eigenvalue weighted by atomic mass is 9.86. The fraction of sp³-hybridized carbons (Fsp3) is 0.409. The van der Waals surface area contributed by atoms with Gasteiger partial charge in [0, 0.05) is 53.1 Å². The molecule has 0 bridgehead atoms. The predicted octanol–water partition coefficient (Wildman–Crippen LogP) is 3.02. The molecule has 0 saturated carbocycles. The summed E-state index contributed by atoms with van der Waals surface area (Å²) in [7, 11) is -0.748. The van der Waals surface area contributed by atoms with Crippen LogP contribution in [0.2, 0.25) is 0 Å². The first kappa shape index (κ1) is 19.8. The maximum atomic E-state index is 12.9. The van der Waals surface area contributed by atoms with Crippen LogP contribution in [0.1, 0.15) is 42.4 Å². The molecular formula is C22H26N4O2S. The molecule has 152 valence electrons. The van der Waals surface area contributed by atoms with Gasteiger partial charge in [-0.3, -0.25) is 9.00 Å². The van der Waals surface area contributed by atoms with Crippen molar-refractivity contribution >= 4 is 28.0 Å². The Morgan fingerprint density at radius 2 is 1.79 bits per heavy atom. The van der Waals surface area contributed by atoms with Crippen LogP contribution in [0.5, 0.6) is 0 Å². The summed E-state index contributed by atoms with van der Waals surface area (Å²) in [5, 5.41) is 4.38. The van der Waals surface area contributed by atoms with Crippen LogP contribution >= 0.6 is 0 Å². The number of carbonyl (C=O) groups excluding carboxylic acids is 1. The average molecular weight is 411 g/mol. The monoisotopic (exact) mass is 410 g/mol. The number of Topliss-reactive ketones (excluding diaryl/α,β-unsaturated/α-hetero) is 1. The molecule has 7 heteroatoms. The summed E-state index contributed by atoms with van der Waals surface area (Å²) in [6, 6.07) is 11.6. The van der Waals surface area contributed by atoms with Crippen LogP contribution in [0.3, 0.4) is 0 Å².